The van der Waals surface area contributed by atoms with Crippen LogP contribution in [-0.4, -0.2) is 40.4 Å². The summed E-state index contributed by atoms with van der Waals surface area (Å²) in [4.78, 5) is 2.57. The topological polar surface area (TPSA) is 33.1 Å². The maximum Gasteiger partial charge on any atom is 0.0860 e. The lowest BCUT2D eigenvalue weighted by Crippen LogP contribution is -2.43. The molecule has 1 aromatic rings. The molecule has 0 spiro atoms. The molecule has 1 aliphatic rings. The van der Waals surface area contributed by atoms with Crippen molar-refractivity contribution < 1.29 is 0 Å². The van der Waals surface area contributed by atoms with Crippen molar-refractivity contribution in [2.24, 2.45) is 7.05 Å². The molecule has 0 amide bonds. The van der Waals surface area contributed by atoms with E-state index in [1.54, 1.807) is 0 Å². The number of nitrogens with zero attached hydrogens (tertiary/aromatic N) is 3. The van der Waals surface area contributed by atoms with Crippen molar-refractivity contribution in [3.8, 4) is 0 Å². The van der Waals surface area contributed by atoms with Crippen LogP contribution in [0.5, 0.6) is 0 Å². The number of nitrogens with one attached hydrogen (secondary N) is 1. The van der Waals surface area contributed by atoms with Crippen LogP contribution in [0.15, 0.2) is 0 Å². The number of piperidine rings is 1. The number of rotatable bonds is 5. The van der Waals surface area contributed by atoms with Gasteiger partial charge in [-0.25, -0.2) is 0 Å². The lowest BCUT2D eigenvalue weighted by molar-refractivity contribution is 0.150. The van der Waals surface area contributed by atoms with Gasteiger partial charge in [-0.2, -0.15) is 5.10 Å². The lowest BCUT2D eigenvalue weighted by Gasteiger charge is -2.34. The van der Waals surface area contributed by atoms with Gasteiger partial charge in [0.15, 0.2) is 0 Å². The van der Waals surface area contributed by atoms with Gasteiger partial charge in [-0.15, -0.1) is 0 Å². The number of halogens is 1. The van der Waals surface area contributed by atoms with E-state index in [0.717, 1.165) is 42.6 Å². The third-order valence-electron chi connectivity index (χ3n) is 3.95. The molecule has 4 nitrogen and oxygen atoms in total. The predicted molar refractivity (Wildman–Crippen MR) is 79.5 cm³/mol. The first kappa shape index (κ1) is 14.8. The van der Waals surface area contributed by atoms with Crippen LogP contribution < -0.4 is 5.32 Å². The largest absolute Gasteiger partial charge is 0.317 e. The van der Waals surface area contributed by atoms with Crippen molar-refractivity contribution in [2.45, 2.75) is 45.7 Å². The van der Waals surface area contributed by atoms with Gasteiger partial charge in [0.05, 0.1) is 16.4 Å². The van der Waals surface area contributed by atoms with Gasteiger partial charge in [0, 0.05) is 19.6 Å². The summed E-state index contributed by atoms with van der Waals surface area (Å²) in [6.07, 6.45) is 3.64. The van der Waals surface area contributed by atoms with Crippen LogP contribution in [0.3, 0.4) is 0 Å². The average molecular weight is 285 g/mol. The fraction of sp³-hybridized carbons (Fsp3) is 0.786. The monoisotopic (exact) mass is 284 g/mol. The molecule has 1 N–H and O–H groups in total. The van der Waals surface area contributed by atoms with E-state index >= 15 is 0 Å². The van der Waals surface area contributed by atoms with E-state index < -0.39 is 0 Å². The van der Waals surface area contributed by atoms with Crippen LogP contribution >= 0.6 is 11.6 Å². The summed E-state index contributed by atoms with van der Waals surface area (Å²) in [6, 6.07) is 0.674. The summed E-state index contributed by atoms with van der Waals surface area (Å²) in [5.74, 6) is 0. The van der Waals surface area contributed by atoms with Crippen LogP contribution in [-0.2, 0) is 13.6 Å². The normalized spacial score (nSPS) is 17.3. The maximum atomic E-state index is 6.37. The van der Waals surface area contributed by atoms with Crippen molar-refractivity contribution in [2.75, 3.05) is 19.6 Å². The molecule has 19 heavy (non-hydrogen) atoms. The van der Waals surface area contributed by atoms with Crippen molar-refractivity contribution in [1.82, 2.24) is 20.0 Å². The Bertz CT molecular complexity index is 410. The molecule has 0 bridgehead atoms. The summed E-state index contributed by atoms with van der Waals surface area (Å²) < 4.78 is 1.93. The smallest absolute Gasteiger partial charge is 0.0860 e. The summed E-state index contributed by atoms with van der Waals surface area (Å²) >= 11 is 6.37. The Labute approximate surface area is 121 Å². The Kier molecular flexibility index (Phi) is 5.25. The Morgan fingerprint density at radius 3 is 2.63 bits per heavy atom. The third kappa shape index (κ3) is 3.50. The fourth-order valence-electron chi connectivity index (χ4n) is 2.89. The van der Waals surface area contributed by atoms with Crippen molar-refractivity contribution in [3.05, 3.63) is 16.4 Å². The highest BCUT2D eigenvalue weighted by molar-refractivity contribution is 6.31. The first-order valence-corrected chi connectivity index (χ1v) is 7.64. The summed E-state index contributed by atoms with van der Waals surface area (Å²) in [6.45, 7) is 8.51. The van der Waals surface area contributed by atoms with Gasteiger partial charge >= 0.3 is 0 Å². The molecule has 1 saturated heterocycles. The Morgan fingerprint density at radius 2 is 2.11 bits per heavy atom. The molecule has 0 aromatic carbocycles. The van der Waals surface area contributed by atoms with Crippen LogP contribution in [0.4, 0.5) is 0 Å². The second-order valence-electron chi connectivity index (χ2n) is 5.42. The molecule has 0 atom stereocenters. The Morgan fingerprint density at radius 1 is 1.42 bits per heavy atom. The summed E-state index contributed by atoms with van der Waals surface area (Å²) in [5.41, 5.74) is 2.08. The molecule has 1 fully saturated rings. The first-order chi connectivity index (χ1) is 9.13. The fourth-order valence-corrected chi connectivity index (χ4v) is 3.11. The molecule has 0 unspecified atom stereocenters. The molecule has 1 aliphatic heterocycles. The van der Waals surface area contributed by atoms with Gasteiger partial charge in [-0.3, -0.25) is 9.58 Å². The Balaban J connectivity index is 2.11. The molecule has 2 heterocycles. The zero-order valence-electron chi connectivity index (χ0n) is 12.2. The highest BCUT2D eigenvalue weighted by Crippen LogP contribution is 2.23. The molecule has 108 valence electrons. The van der Waals surface area contributed by atoms with Gasteiger partial charge in [0.1, 0.15) is 0 Å². The first-order valence-electron chi connectivity index (χ1n) is 7.26. The molecule has 1 aromatic heterocycles. The van der Waals surface area contributed by atoms with Crippen LogP contribution in [0.1, 0.15) is 37.6 Å². The number of aryl methyl sites for hydroxylation is 2. The van der Waals surface area contributed by atoms with Crippen molar-refractivity contribution in [1.29, 1.82) is 0 Å². The number of hydrogen-bond donors (Lipinski definition) is 1. The molecule has 5 heteroatoms. The van der Waals surface area contributed by atoms with E-state index in [4.69, 9.17) is 11.6 Å². The van der Waals surface area contributed by atoms with Gasteiger partial charge in [-0.05, 0) is 45.8 Å². The third-order valence-corrected chi connectivity index (χ3v) is 4.44. The van der Waals surface area contributed by atoms with E-state index in [0.29, 0.717) is 6.04 Å². The van der Waals surface area contributed by atoms with Crippen LogP contribution in [0.25, 0.3) is 0 Å². The lowest BCUT2D eigenvalue weighted by atomic mass is 10.0. The van der Waals surface area contributed by atoms with E-state index in [2.05, 4.69) is 22.2 Å². The second kappa shape index (κ2) is 6.73. The van der Waals surface area contributed by atoms with E-state index in [1.807, 2.05) is 18.7 Å². The van der Waals surface area contributed by atoms with Crippen molar-refractivity contribution >= 4 is 11.6 Å². The zero-order valence-corrected chi connectivity index (χ0v) is 13.0. The van der Waals surface area contributed by atoms with E-state index in [9.17, 15) is 0 Å². The molecule has 0 radical (unpaired) electrons. The Hall–Kier alpha value is -0.580. The van der Waals surface area contributed by atoms with Gasteiger partial charge < -0.3 is 5.32 Å². The number of hydrogen-bond acceptors (Lipinski definition) is 3. The summed E-state index contributed by atoms with van der Waals surface area (Å²) in [5, 5.41) is 8.68. The maximum absolute atomic E-state index is 6.37. The highest BCUT2D eigenvalue weighted by atomic mass is 35.5. The standard InChI is InChI=1S/C14H25ClN4/c1-4-9-19(12-5-7-16-8-6-12)10-13-14(15)11(2)17-18(13)3/h12,16H,4-10H2,1-3H3. The molecular formula is C14H25ClN4. The second-order valence-corrected chi connectivity index (χ2v) is 5.80. The molecule has 2 rings (SSSR count). The molecular weight excluding hydrogens is 260 g/mol. The molecule has 0 saturated carbocycles. The van der Waals surface area contributed by atoms with E-state index in [-0.39, 0.29) is 0 Å². The highest BCUT2D eigenvalue weighted by Gasteiger charge is 2.23. The minimum Gasteiger partial charge on any atom is -0.317 e. The quantitative estimate of drug-likeness (QED) is 0.901. The summed E-state index contributed by atoms with van der Waals surface area (Å²) in [7, 11) is 1.99. The minimum absolute atomic E-state index is 0.674. The van der Waals surface area contributed by atoms with Gasteiger partial charge in [-0.1, -0.05) is 18.5 Å². The molecule has 0 aliphatic carbocycles. The van der Waals surface area contributed by atoms with Crippen LogP contribution in [0.2, 0.25) is 5.02 Å². The average Bonchev–Trinajstić information content (AvgIpc) is 2.65. The van der Waals surface area contributed by atoms with Crippen molar-refractivity contribution in [3.63, 3.8) is 0 Å². The predicted octanol–water partition coefficient (Wildman–Crippen LogP) is 2.35. The zero-order chi connectivity index (χ0) is 13.8. The van der Waals surface area contributed by atoms with E-state index in [1.165, 1.54) is 19.3 Å². The number of aromatic nitrogens is 2. The minimum atomic E-state index is 0.674. The van der Waals surface area contributed by atoms with Gasteiger partial charge in [0.2, 0.25) is 0 Å². The SMILES string of the molecule is CCCN(Cc1c(Cl)c(C)nn1C)C1CCNCC1. The van der Waals surface area contributed by atoms with Crippen LogP contribution in [0, 0.1) is 6.92 Å². The van der Waals surface area contributed by atoms with Gasteiger partial charge in [0.25, 0.3) is 0 Å².